The molecule has 1 aliphatic heterocycles. The SMILES string of the molecule is Cc1ccccc1-n1nc(C=O)c2c1COC2. The predicted octanol–water partition coefficient (Wildman–Crippen LogP) is 2.02. The van der Waals surface area contributed by atoms with Gasteiger partial charge in [0.25, 0.3) is 0 Å². The molecule has 2 aromatic rings. The normalized spacial score (nSPS) is 13.7. The van der Waals surface area contributed by atoms with E-state index in [2.05, 4.69) is 5.10 Å². The lowest BCUT2D eigenvalue weighted by Crippen LogP contribution is -2.03. The molecule has 1 aliphatic rings. The van der Waals surface area contributed by atoms with Crippen LogP contribution < -0.4 is 0 Å². The van der Waals surface area contributed by atoms with Gasteiger partial charge in [-0.2, -0.15) is 5.10 Å². The molecule has 0 atom stereocenters. The van der Waals surface area contributed by atoms with Gasteiger partial charge in [0.15, 0.2) is 6.29 Å². The van der Waals surface area contributed by atoms with Gasteiger partial charge in [-0.05, 0) is 18.6 Å². The second-order valence-corrected chi connectivity index (χ2v) is 4.12. The molecular formula is C13H12N2O2. The van der Waals surface area contributed by atoms with Gasteiger partial charge in [0.2, 0.25) is 0 Å². The summed E-state index contributed by atoms with van der Waals surface area (Å²) in [5.41, 5.74) is 4.52. The molecule has 1 aromatic carbocycles. The van der Waals surface area contributed by atoms with Gasteiger partial charge in [0.05, 0.1) is 24.6 Å². The number of aromatic nitrogens is 2. The largest absolute Gasteiger partial charge is 0.370 e. The maximum absolute atomic E-state index is 11.0. The van der Waals surface area contributed by atoms with Crippen molar-refractivity contribution in [2.45, 2.75) is 20.1 Å². The van der Waals surface area contributed by atoms with Gasteiger partial charge in [-0.25, -0.2) is 4.68 Å². The molecule has 4 heteroatoms. The van der Waals surface area contributed by atoms with Crippen molar-refractivity contribution in [1.29, 1.82) is 0 Å². The molecule has 3 rings (SSSR count). The van der Waals surface area contributed by atoms with E-state index in [1.54, 1.807) is 0 Å². The Bertz CT molecular complexity index is 587. The van der Waals surface area contributed by atoms with Crippen LogP contribution in [-0.4, -0.2) is 16.1 Å². The van der Waals surface area contributed by atoms with Gasteiger partial charge in [-0.15, -0.1) is 0 Å². The number of benzene rings is 1. The molecule has 0 saturated heterocycles. The Morgan fingerprint density at radius 3 is 2.94 bits per heavy atom. The Balaban J connectivity index is 2.22. The van der Waals surface area contributed by atoms with Crippen molar-refractivity contribution in [3.8, 4) is 5.69 Å². The lowest BCUT2D eigenvalue weighted by Gasteiger charge is -2.07. The number of para-hydroxylation sites is 1. The highest BCUT2D eigenvalue weighted by molar-refractivity contribution is 5.75. The molecule has 0 saturated carbocycles. The maximum Gasteiger partial charge on any atom is 0.170 e. The number of hydrogen-bond donors (Lipinski definition) is 0. The minimum Gasteiger partial charge on any atom is -0.370 e. The lowest BCUT2D eigenvalue weighted by molar-refractivity contribution is 0.110. The molecule has 1 aromatic heterocycles. The monoisotopic (exact) mass is 228 g/mol. The number of aryl methyl sites for hydroxylation is 1. The third-order valence-electron chi connectivity index (χ3n) is 3.06. The van der Waals surface area contributed by atoms with E-state index in [4.69, 9.17) is 4.74 Å². The number of rotatable bonds is 2. The summed E-state index contributed by atoms with van der Waals surface area (Å²) >= 11 is 0. The van der Waals surface area contributed by atoms with E-state index < -0.39 is 0 Å². The van der Waals surface area contributed by atoms with Crippen molar-refractivity contribution in [2.24, 2.45) is 0 Å². The van der Waals surface area contributed by atoms with Gasteiger partial charge in [-0.3, -0.25) is 4.79 Å². The second kappa shape index (κ2) is 3.82. The van der Waals surface area contributed by atoms with Crippen LogP contribution in [0.25, 0.3) is 5.69 Å². The quantitative estimate of drug-likeness (QED) is 0.739. The van der Waals surface area contributed by atoms with Gasteiger partial charge >= 0.3 is 0 Å². The third kappa shape index (κ3) is 1.49. The molecular weight excluding hydrogens is 216 g/mol. The Hall–Kier alpha value is -1.94. The van der Waals surface area contributed by atoms with Crippen LogP contribution in [0.3, 0.4) is 0 Å². The zero-order chi connectivity index (χ0) is 11.8. The van der Waals surface area contributed by atoms with Crippen LogP contribution in [0.1, 0.15) is 27.3 Å². The first-order chi connectivity index (χ1) is 8.31. The van der Waals surface area contributed by atoms with E-state index in [-0.39, 0.29) is 0 Å². The average molecular weight is 228 g/mol. The fourth-order valence-corrected chi connectivity index (χ4v) is 2.15. The lowest BCUT2D eigenvalue weighted by atomic mass is 10.2. The number of ether oxygens (including phenoxy) is 1. The maximum atomic E-state index is 11.0. The van der Waals surface area contributed by atoms with E-state index in [1.807, 2.05) is 35.9 Å². The van der Waals surface area contributed by atoms with Gasteiger partial charge in [-0.1, -0.05) is 18.2 Å². The van der Waals surface area contributed by atoms with E-state index in [9.17, 15) is 4.79 Å². The fraction of sp³-hybridized carbons (Fsp3) is 0.231. The van der Waals surface area contributed by atoms with E-state index in [0.717, 1.165) is 28.8 Å². The van der Waals surface area contributed by atoms with Crippen LogP contribution in [0, 0.1) is 6.92 Å². The summed E-state index contributed by atoms with van der Waals surface area (Å²) in [6.45, 7) is 3.03. The summed E-state index contributed by atoms with van der Waals surface area (Å²) in [7, 11) is 0. The van der Waals surface area contributed by atoms with Gasteiger partial charge in [0.1, 0.15) is 5.69 Å². The zero-order valence-corrected chi connectivity index (χ0v) is 9.51. The number of aldehydes is 1. The zero-order valence-electron chi connectivity index (χ0n) is 9.51. The first-order valence-corrected chi connectivity index (χ1v) is 5.51. The molecule has 0 unspecified atom stereocenters. The number of fused-ring (bicyclic) bond motifs is 1. The topological polar surface area (TPSA) is 44.1 Å². The van der Waals surface area contributed by atoms with E-state index in [0.29, 0.717) is 18.9 Å². The number of nitrogens with zero attached hydrogens (tertiary/aromatic N) is 2. The number of hydrogen-bond acceptors (Lipinski definition) is 3. The molecule has 0 bridgehead atoms. The Kier molecular flexibility index (Phi) is 2.30. The van der Waals surface area contributed by atoms with Crippen LogP contribution in [0.15, 0.2) is 24.3 Å². The van der Waals surface area contributed by atoms with E-state index in [1.165, 1.54) is 0 Å². The standard InChI is InChI=1S/C13H12N2O2/c1-9-4-2-3-5-12(9)15-13-8-17-7-10(13)11(6-16)14-15/h2-6H,7-8H2,1H3. The Morgan fingerprint density at radius 1 is 1.35 bits per heavy atom. The highest BCUT2D eigenvalue weighted by Gasteiger charge is 2.23. The molecule has 17 heavy (non-hydrogen) atoms. The minimum absolute atomic E-state index is 0.481. The van der Waals surface area contributed by atoms with Gasteiger partial charge < -0.3 is 4.74 Å². The van der Waals surface area contributed by atoms with Gasteiger partial charge in [0, 0.05) is 5.56 Å². The van der Waals surface area contributed by atoms with Crippen molar-refractivity contribution < 1.29 is 9.53 Å². The predicted molar refractivity (Wildman–Crippen MR) is 62.2 cm³/mol. The summed E-state index contributed by atoms with van der Waals surface area (Å²) in [6.07, 6.45) is 0.794. The number of carbonyl (C=O) groups excluding carboxylic acids is 1. The number of carbonyl (C=O) groups is 1. The van der Waals surface area contributed by atoms with Crippen molar-refractivity contribution in [2.75, 3.05) is 0 Å². The summed E-state index contributed by atoms with van der Waals surface area (Å²) in [5, 5.41) is 4.35. The molecule has 0 aliphatic carbocycles. The van der Waals surface area contributed by atoms with Crippen LogP contribution in [0.4, 0.5) is 0 Å². The van der Waals surface area contributed by atoms with Crippen LogP contribution in [0.5, 0.6) is 0 Å². The second-order valence-electron chi connectivity index (χ2n) is 4.12. The van der Waals surface area contributed by atoms with Crippen LogP contribution >= 0.6 is 0 Å². The minimum atomic E-state index is 0.481. The summed E-state index contributed by atoms with van der Waals surface area (Å²) in [5.74, 6) is 0. The molecule has 0 spiro atoms. The van der Waals surface area contributed by atoms with Crippen molar-refractivity contribution in [3.05, 3.63) is 46.8 Å². The molecule has 2 heterocycles. The Morgan fingerprint density at radius 2 is 2.18 bits per heavy atom. The summed E-state index contributed by atoms with van der Waals surface area (Å²) < 4.78 is 7.20. The van der Waals surface area contributed by atoms with E-state index >= 15 is 0 Å². The van der Waals surface area contributed by atoms with Crippen molar-refractivity contribution in [3.63, 3.8) is 0 Å². The first-order valence-electron chi connectivity index (χ1n) is 5.51. The molecule has 0 N–H and O–H groups in total. The van der Waals surface area contributed by atoms with Crippen LogP contribution in [-0.2, 0) is 18.0 Å². The summed E-state index contributed by atoms with van der Waals surface area (Å²) in [4.78, 5) is 11.0. The van der Waals surface area contributed by atoms with Crippen molar-refractivity contribution >= 4 is 6.29 Å². The van der Waals surface area contributed by atoms with Crippen LogP contribution in [0.2, 0.25) is 0 Å². The van der Waals surface area contributed by atoms with Crippen molar-refractivity contribution in [1.82, 2.24) is 9.78 Å². The molecule has 0 amide bonds. The fourth-order valence-electron chi connectivity index (χ4n) is 2.15. The molecule has 0 radical (unpaired) electrons. The average Bonchev–Trinajstić information content (AvgIpc) is 2.91. The molecule has 4 nitrogen and oxygen atoms in total. The molecule has 86 valence electrons. The smallest absolute Gasteiger partial charge is 0.170 e. The highest BCUT2D eigenvalue weighted by Crippen LogP contribution is 2.26. The highest BCUT2D eigenvalue weighted by atomic mass is 16.5. The summed E-state index contributed by atoms with van der Waals surface area (Å²) in [6, 6.07) is 7.97. The Labute approximate surface area is 98.8 Å². The molecule has 0 fully saturated rings. The first kappa shape index (κ1) is 10.2. The third-order valence-corrected chi connectivity index (χ3v) is 3.06.